The zero-order valence-electron chi connectivity index (χ0n) is 11.2. The molecular formula is C14H18N4O. The number of benzene rings is 1. The van der Waals surface area contributed by atoms with Crippen LogP contribution in [-0.4, -0.2) is 23.6 Å². The molecule has 2 rings (SSSR count). The van der Waals surface area contributed by atoms with Crippen LogP contribution in [0.25, 0.3) is 0 Å². The number of hydrogen-bond donors (Lipinski definition) is 2. The molecule has 1 heterocycles. The lowest BCUT2D eigenvalue weighted by Gasteiger charge is -2.08. The molecule has 0 radical (unpaired) electrons. The van der Waals surface area contributed by atoms with Crippen LogP contribution in [0.15, 0.2) is 36.7 Å². The van der Waals surface area contributed by atoms with Gasteiger partial charge in [-0.2, -0.15) is 0 Å². The third kappa shape index (κ3) is 3.93. The summed E-state index contributed by atoms with van der Waals surface area (Å²) in [5.41, 5.74) is 2.10. The van der Waals surface area contributed by atoms with E-state index in [0.717, 1.165) is 29.4 Å². The second-order valence-corrected chi connectivity index (χ2v) is 4.08. The predicted molar refractivity (Wildman–Crippen MR) is 76.6 cm³/mol. The van der Waals surface area contributed by atoms with Gasteiger partial charge in [0.25, 0.3) is 0 Å². The Bertz CT molecular complexity index is 483. The van der Waals surface area contributed by atoms with Gasteiger partial charge in [0.05, 0.1) is 6.61 Å². The van der Waals surface area contributed by atoms with Crippen molar-refractivity contribution in [3.8, 4) is 0 Å². The van der Waals surface area contributed by atoms with Gasteiger partial charge < -0.3 is 15.4 Å². The second kappa shape index (κ2) is 6.70. The average Bonchev–Trinajstić information content (AvgIpc) is 2.40. The molecule has 0 aliphatic heterocycles. The molecule has 0 saturated heterocycles. The summed E-state index contributed by atoms with van der Waals surface area (Å²) in [4.78, 5) is 8.33. The lowest BCUT2D eigenvalue weighted by Crippen LogP contribution is -2.01. The normalized spacial score (nSPS) is 10.2. The van der Waals surface area contributed by atoms with E-state index in [-0.39, 0.29) is 0 Å². The quantitative estimate of drug-likeness (QED) is 0.834. The summed E-state index contributed by atoms with van der Waals surface area (Å²) in [5.74, 6) is 1.58. The predicted octanol–water partition coefficient (Wildman–Crippen LogP) is 2.80. The van der Waals surface area contributed by atoms with Crippen molar-refractivity contribution in [3.63, 3.8) is 0 Å². The largest absolute Gasteiger partial charge is 0.380 e. The van der Waals surface area contributed by atoms with Crippen molar-refractivity contribution in [2.45, 2.75) is 13.5 Å². The van der Waals surface area contributed by atoms with E-state index in [2.05, 4.69) is 20.6 Å². The third-order valence-corrected chi connectivity index (χ3v) is 2.54. The molecule has 0 fully saturated rings. The van der Waals surface area contributed by atoms with E-state index in [1.54, 1.807) is 13.4 Å². The standard InChI is InChI=1S/C14H18N4O/c1-3-15-13-8-14(17-10-16-13)18-12-6-4-5-11(7-12)9-19-2/h4-8,10H,3,9H2,1-2H3,(H2,15,16,17,18). The summed E-state index contributed by atoms with van der Waals surface area (Å²) < 4.78 is 5.12. The van der Waals surface area contributed by atoms with Crippen LogP contribution in [0.1, 0.15) is 12.5 Å². The Hall–Kier alpha value is -2.14. The zero-order chi connectivity index (χ0) is 13.5. The number of hydrogen-bond acceptors (Lipinski definition) is 5. The number of nitrogens with zero attached hydrogens (tertiary/aromatic N) is 2. The minimum atomic E-state index is 0.599. The average molecular weight is 258 g/mol. The van der Waals surface area contributed by atoms with Gasteiger partial charge in [0.2, 0.25) is 0 Å². The number of rotatable bonds is 6. The molecule has 1 aromatic heterocycles. The first-order valence-corrected chi connectivity index (χ1v) is 6.22. The summed E-state index contributed by atoms with van der Waals surface area (Å²) in [6.45, 7) is 3.46. The number of anilines is 3. The van der Waals surface area contributed by atoms with E-state index >= 15 is 0 Å². The van der Waals surface area contributed by atoms with Crippen LogP contribution in [0.3, 0.4) is 0 Å². The molecule has 2 aromatic rings. The molecule has 100 valence electrons. The number of aromatic nitrogens is 2. The van der Waals surface area contributed by atoms with E-state index in [1.165, 1.54) is 0 Å². The van der Waals surface area contributed by atoms with Crippen LogP contribution in [-0.2, 0) is 11.3 Å². The first-order chi connectivity index (χ1) is 9.31. The topological polar surface area (TPSA) is 59.1 Å². The Morgan fingerprint density at radius 2 is 2.00 bits per heavy atom. The second-order valence-electron chi connectivity index (χ2n) is 4.08. The molecule has 0 atom stereocenters. The van der Waals surface area contributed by atoms with Crippen LogP contribution >= 0.6 is 0 Å². The smallest absolute Gasteiger partial charge is 0.135 e. The molecule has 2 N–H and O–H groups in total. The van der Waals surface area contributed by atoms with Crippen LogP contribution in [0.2, 0.25) is 0 Å². The van der Waals surface area contributed by atoms with Gasteiger partial charge in [0.1, 0.15) is 18.0 Å². The number of nitrogens with one attached hydrogen (secondary N) is 2. The highest BCUT2D eigenvalue weighted by Gasteiger charge is 2.00. The van der Waals surface area contributed by atoms with Crippen LogP contribution in [0.5, 0.6) is 0 Å². The third-order valence-electron chi connectivity index (χ3n) is 2.54. The maximum atomic E-state index is 5.12. The van der Waals surface area contributed by atoms with Gasteiger partial charge in [-0.25, -0.2) is 9.97 Å². The fourth-order valence-electron chi connectivity index (χ4n) is 1.76. The maximum absolute atomic E-state index is 5.12. The van der Waals surface area contributed by atoms with Crippen LogP contribution in [0.4, 0.5) is 17.3 Å². The van der Waals surface area contributed by atoms with Crippen molar-refractivity contribution < 1.29 is 4.74 Å². The van der Waals surface area contributed by atoms with Crippen molar-refractivity contribution in [3.05, 3.63) is 42.2 Å². The first-order valence-electron chi connectivity index (χ1n) is 6.22. The van der Waals surface area contributed by atoms with Crippen molar-refractivity contribution in [1.29, 1.82) is 0 Å². The zero-order valence-corrected chi connectivity index (χ0v) is 11.2. The molecule has 0 saturated carbocycles. The molecular weight excluding hydrogens is 240 g/mol. The van der Waals surface area contributed by atoms with Crippen molar-refractivity contribution in [2.75, 3.05) is 24.3 Å². The Morgan fingerprint density at radius 1 is 1.16 bits per heavy atom. The highest BCUT2D eigenvalue weighted by molar-refractivity contribution is 5.59. The van der Waals surface area contributed by atoms with Gasteiger partial charge in [0.15, 0.2) is 0 Å². The lowest BCUT2D eigenvalue weighted by molar-refractivity contribution is 0.185. The van der Waals surface area contributed by atoms with Gasteiger partial charge in [0, 0.05) is 25.4 Å². The molecule has 0 bridgehead atoms. The Labute approximate surface area is 113 Å². The van der Waals surface area contributed by atoms with Gasteiger partial charge in [-0.1, -0.05) is 12.1 Å². The number of methoxy groups -OCH3 is 1. The van der Waals surface area contributed by atoms with Gasteiger partial charge in [-0.05, 0) is 24.6 Å². The van der Waals surface area contributed by atoms with Crippen molar-refractivity contribution in [2.24, 2.45) is 0 Å². The van der Waals surface area contributed by atoms with Gasteiger partial charge in [-0.15, -0.1) is 0 Å². The van der Waals surface area contributed by atoms with Crippen LogP contribution in [0, 0.1) is 0 Å². The summed E-state index contributed by atoms with van der Waals surface area (Å²) >= 11 is 0. The molecule has 1 aromatic carbocycles. The highest BCUT2D eigenvalue weighted by Crippen LogP contribution is 2.17. The fraction of sp³-hybridized carbons (Fsp3) is 0.286. The minimum absolute atomic E-state index is 0.599. The summed E-state index contributed by atoms with van der Waals surface area (Å²) in [5, 5.41) is 6.41. The molecule has 0 amide bonds. The lowest BCUT2D eigenvalue weighted by atomic mass is 10.2. The van der Waals surface area contributed by atoms with E-state index in [0.29, 0.717) is 6.61 Å². The van der Waals surface area contributed by atoms with Gasteiger partial charge in [-0.3, -0.25) is 0 Å². The summed E-state index contributed by atoms with van der Waals surface area (Å²) in [6, 6.07) is 9.93. The van der Waals surface area contributed by atoms with Crippen molar-refractivity contribution in [1.82, 2.24) is 9.97 Å². The van der Waals surface area contributed by atoms with E-state index in [4.69, 9.17) is 4.74 Å². The fourth-order valence-corrected chi connectivity index (χ4v) is 1.76. The summed E-state index contributed by atoms with van der Waals surface area (Å²) in [7, 11) is 1.69. The minimum Gasteiger partial charge on any atom is -0.380 e. The molecule has 19 heavy (non-hydrogen) atoms. The maximum Gasteiger partial charge on any atom is 0.135 e. The van der Waals surface area contributed by atoms with E-state index < -0.39 is 0 Å². The molecule has 0 aliphatic rings. The molecule has 0 unspecified atom stereocenters. The highest BCUT2D eigenvalue weighted by atomic mass is 16.5. The first kappa shape index (κ1) is 13.3. The van der Waals surface area contributed by atoms with Gasteiger partial charge >= 0.3 is 0 Å². The van der Waals surface area contributed by atoms with Crippen molar-refractivity contribution >= 4 is 17.3 Å². The monoisotopic (exact) mass is 258 g/mol. The molecule has 5 heteroatoms. The summed E-state index contributed by atoms with van der Waals surface area (Å²) in [6.07, 6.45) is 1.54. The Kier molecular flexibility index (Phi) is 4.69. The van der Waals surface area contributed by atoms with E-state index in [9.17, 15) is 0 Å². The molecule has 5 nitrogen and oxygen atoms in total. The Balaban J connectivity index is 2.11. The molecule has 0 spiro atoms. The molecule has 0 aliphatic carbocycles. The SMILES string of the molecule is CCNc1cc(Nc2cccc(COC)c2)ncn1. The van der Waals surface area contributed by atoms with E-state index in [1.807, 2.05) is 37.3 Å². The Morgan fingerprint density at radius 3 is 2.79 bits per heavy atom. The number of ether oxygens (including phenoxy) is 1. The van der Waals surface area contributed by atoms with Crippen LogP contribution < -0.4 is 10.6 Å².